The number of carbonyl (C=O) groups is 1. The Kier molecular flexibility index (Phi) is 9.09. The Balaban J connectivity index is 1.14. The molecule has 5 atom stereocenters. The molecule has 2 saturated carbocycles. The van der Waals surface area contributed by atoms with Crippen molar-refractivity contribution in [3.63, 3.8) is 0 Å². The molecule has 5 aromatic rings. The highest BCUT2D eigenvalue weighted by atomic mass is 35.5. The van der Waals surface area contributed by atoms with E-state index in [0.29, 0.717) is 77.1 Å². The summed E-state index contributed by atoms with van der Waals surface area (Å²) in [6, 6.07) is 15.6. The predicted molar refractivity (Wildman–Crippen MR) is 214 cm³/mol. The van der Waals surface area contributed by atoms with Crippen LogP contribution in [0.4, 0.5) is 10.2 Å². The summed E-state index contributed by atoms with van der Waals surface area (Å²) in [5.74, 6) is 1.61. The first kappa shape index (κ1) is 35.9. The number of anilines is 1. The van der Waals surface area contributed by atoms with Gasteiger partial charge in [0.15, 0.2) is 17.4 Å². The number of rotatable bonds is 9. The molecule has 1 amide bonds. The van der Waals surface area contributed by atoms with Crippen LogP contribution in [0.15, 0.2) is 48.7 Å². The fourth-order valence-electron chi connectivity index (χ4n) is 9.74. The number of nitriles is 1. The minimum atomic E-state index is -0.485. The molecule has 7 heterocycles. The number of amides is 1. The zero-order valence-corrected chi connectivity index (χ0v) is 32.6. The standard InChI is InChI=1S/C43H42Cl2FN7O3/c1-23-29-20-34(33-19-27(22-52(33)43(54)24-9-10-24)56-35-8-4-12-48-42(35)51-13-15-55-16-14-51)53(40-26-18-32(40)49-21-26)41(29)30-17-25(5-3-11-47)36(38(46)39(30)50-23)28-6-2-7-31(44)37(28)45/h2,4,6-8,12,17,20,24,26-27,32-33,40,49H,3,5,9-10,13-16,18-19,21-22H2,1H3. The number of aromatic nitrogens is 3. The van der Waals surface area contributed by atoms with Crippen molar-refractivity contribution in [2.75, 3.05) is 44.3 Å². The number of nitrogens with one attached hydrogen (secondary N) is 1. The molecular weight excluding hydrogens is 752 g/mol. The molecule has 6 fully saturated rings. The summed E-state index contributed by atoms with van der Waals surface area (Å²) in [5, 5.41) is 15.6. The second-order valence-electron chi connectivity index (χ2n) is 16.0. The summed E-state index contributed by atoms with van der Waals surface area (Å²) in [5.41, 5.74) is 4.36. The molecule has 4 saturated heterocycles. The van der Waals surface area contributed by atoms with E-state index in [1.165, 1.54) is 0 Å². The van der Waals surface area contributed by atoms with E-state index in [1.807, 2.05) is 25.1 Å². The van der Waals surface area contributed by atoms with Crippen molar-refractivity contribution >= 4 is 56.7 Å². The van der Waals surface area contributed by atoms with Gasteiger partial charge in [0, 0.05) is 83.9 Å². The van der Waals surface area contributed by atoms with E-state index >= 15 is 4.39 Å². The largest absolute Gasteiger partial charge is 0.485 e. The maximum atomic E-state index is 17.3. The monoisotopic (exact) mass is 793 g/mol. The third kappa shape index (κ3) is 5.91. The van der Waals surface area contributed by atoms with Gasteiger partial charge in [-0.05, 0) is 74.4 Å². The number of nitrogens with zero attached hydrogens (tertiary/aromatic N) is 6. The van der Waals surface area contributed by atoms with Gasteiger partial charge in [0.1, 0.15) is 11.6 Å². The van der Waals surface area contributed by atoms with Gasteiger partial charge in [-0.15, -0.1) is 0 Å². The van der Waals surface area contributed by atoms with Gasteiger partial charge in [-0.3, -0.25) is 4.79 Å². The van der Waals surface area contributed by atoms with Gasteiger partial charge in [-0.2, -0.15) is 5.26 Å². The fraction of sp³-hybridized carbons (Fsp3) is 0.442. The van der Waals surface area contributed by atoms with Gasteiger partial charge in [-0.25, -0.2) is 14.4 Å². The van der Waals surface area contributed by atoms with E-state index < -0.39 is 5.82 Å². The van der Waals surface area contributed by atoms with Gasteiger partial charge < -0.3 is 29.2 Å². The first-order valence-electron chi connectivity index (χ1n) is 19.8. The van der Waals surface area contributed by atoms with Crippen LogP contribution in [0, 0.1) is 35.9 Å². The molecule has 0 spiro atoms. The Morgan fingerprint density at radius 2 is 1.96 bits per heavy atom. The average molecular weight is 795 g/mol. The van der Waals surface area contributed by atoms with Crippen LogP contribution in [0.1, 0.15) is 61.1 Å². The number of likely N-dealkylation sites (tertiary alicyclic amines) is 1. The van der Waals surface area contributed by atoms with Gasteiger partial charge in [0.25, 0.3) is 0 Å². The third-order valence-electron chi connectivity index (χ3n) is 12.6. The third-order valence-corrected chi connectivity index (χ3v) is 13.4. The van der Waals surface area contributed by atoms with Crippen LogP contribution in [-0.2, 0) is 16.0 Å². The van der Waals surface area contributed by atoms with Crippen molar-refractivity contribution in [3.05, 3.63) is 81.5 Å². The summed E-state index contributed by atoms with van der Waals surface area (Å²) < 4.78 is 32.2. The molecule has 11 rings (SSSR count). The lowest BCUT2D eigenvalue weighted by Gasteiger charge is -2.39. The molecule has 3 aromatic heterocycles. The maximum Gasteiger partial charge on any atom is 0.226 e. The van der Waals surface area contributed by atoms with Crippen LogP contribution in [0.2, 0.25) is 10.0 Å². The highest BCUT2D eigenvalue weighted by molar-refractivity contribution is 6.43. The molecule has 2 bridgehead atoms. The highest BCUT2D eigenvalue weighted by Gasteiger charge is 2.51. The highest BCUT2D eigenvalue weighted by Crippen LogP contribution is 2.51. The van der Waals surface area contributed by atoms with E-state index in [-0.39, 0.29) is 53.0 Å². The Morgan fingerprint density at radius 3 is 2.71 bits per heavy atom. The Hall–Kier alpha value is -4.47. The van der Waals surface area contributed by atoms with Gasteiger partial charge >= 0.3 is 0 Å². The van der Waals surface area contributed by atoms with E-state index in [0.717, 1.165) is 61.3 Å². The van der Waals surface area contributed by atoms with E-state index in [4.69, 9.17) is 42.6 Å². The molecule has 288 valence electrons. The smallest absolute Gasteiger partial charge is 0.226 e. The summed E-state index contributed by atoms with van der Waals surface area (Å²) >= 11 is 13.2. The Morgan fingerprint density at radius 1 is 1.12 bits per heavy atom. The van der Waals surface area contributed by atoms with E-state index in [1.54, 1.807) is 24.4 Å². The molecule has 0 radical (unpaired) electrons. The van der Waals surface area contributed by atoms with Crippen LogP contribution in [0.3, 0.4) is 0 Å². The number of ether oxygens (including phenoxy) is 2. The number of aryl methyl sites for hydroxylation is 2. The van der Waals surface area contributed by atoms with Crippen LogP contribution in [-0.4, -0.2) is 76.9 Å². The molecule has 13 heteroatoms. The number of carbonyl (C=O) groups excluding carboxylic acids is 1. The quantitative estimate of drug-likeness (QED) is 0.160. The minimum Gasteiger partial charge on any atom is -0.485 e. The number of hydrogen-bond acceptors (Lipinski definition) is 8. The van der Waals surface area contributed by atoms with E-state index in [9.17, 15) is 10.1 Å². The molecule has 2 aliphatic carbocycles. The SMILES string of the molecule is Cc1nc2c(F)c(-c3cccc(Cl)c3Cl)c(CCC#N)cc2c2c1cc(C1CC(Oc3cccnc3N3CCOCC3)CN1C(=O)C1CC1)n2C1C2CNC1C2. The Bertz CT molecular complexity index is 2430. The van der Waals surface area contributed by atoms with Gasteiger partial charge in [0.2, 0.25) is 5.91 Å². The van der Waals surface area contributed by atoms with E-state index in [2.05, 4.69) is 31.8 Å². The molecule has 56 heavy (non-hydrogen) atoms. The summed E-state index contributed by atoms with van der Waals surface area (Å²) in [6.45, 7) is 6.04. The number of benzene rings is 2. The van der Waals surface area contributed by atoms with Crippen LogP contribution in [0.5, 0.6) is 5.75 Å². The van der Waals surface area contributed by atoms with Crippen molar-refractivity contribution < 1.29 is 18.7 Å². The van der Waals surface area contributed by atoms with Gasteiger partial charge in [0.05, 0.1) is 53.5 Å². The number of hydrogen-bond donors (Lipinski definition) is 1. The fourth-order valence-corrected chi connectivity index (χ4v) is 10.1. The van der Waals surface area contributed by atoms with Crippen molar-refractivity contribution in [1.82, 2.24) is 24.8 Å². The molecule has 6 aliphatic rings. The lowest BCUT2D eigenvalue weighted by molar-refractivity contribution is -0.133. The van der Waals surface area contributed by atoms with Crippen molar-refractivity contribution in [3.8, 4) is 22.9 Å². The lowest BCUT2D eigenvalue weighted by Crippen LogP contribution is -2.41. The number of halogens is 3. The molecule has 4 aliphatic heterocycles. The number of fused-ring (bicyclic) bond motifs is 4. The zero-order valence-electron chi connectivity index (χ0n) is 31.1. The minimum absolute atomic E-state index is 0.0238. The molecule has 2 aromatic carbocycles. The predicted octanol–water partition coefficient (Wildman–Crippen LogP) is 7.96. The normalized spacial score (nSPS) is 24.5. The summed E-state index contributed by atoms with van der Waals surface area (Å²) in [6.07, 6.45) is 5.52. The lowest BCUT2D eigenvalue weighted by atomic mass is 9.79. The van der Waals surface area contributed by atoms with Crippen LogP contribution < -0.4 is 15.0 Å². The molecule has 5 unspecified atom stereocenters. The molecule has 1 N–H and O–H groups in total. The summed E-state index contributed by atoms with van der Waals surface area (Å²) in [4.78, 5) is 28.1. The zero-order chi connectivity index (χ0) is 38.2. The average Bonchev–Trinajstić information content (AvgIpc) is 3.48. The van der Waals surface area contributed by atoms with Crippen molar-refractivity contribution in [2.24, 2.45) is 11.8 Å². The maximum absolute atomic E-state index is 17.3. The number of morpholine rings is 1. The van der Waals surface area contributed by atoms with Crippen molar-refractivity contribution in [2.45, 2.75) is 69.7 Å². The van der Waals surface area contributed by atoms with Crippen LogP contribution in [0.25, 0.3) is 32.9 Å². The molecular formula is C43H42Cl2FN7O3. The number of pyridine rings is 2. The van der Waals surface area contributed by atoms with Crippen LogP contribution >= 0.6 is 23.2 Å². The summed E-state index contributed by atoms with van der Waals surface area (Å²) in [7, 11) is 0. The molecule has 10 nitrogen and oxygen atoms in total. The second kappa shape index (κ2) is 14.2. The Labute approximate surface area is 334 Å². The first-order chi connectivity index (χ1) is 27.3. The topological polar surface area (TPSA) is 109 Å². The van der Waals surface area contributed by atoms with Gasteiger partial charge in [-0.1, -0.05) is 35.3 Å². The second-order valence-corrected chi connectivity index (χ2v) is 16.7. The first-order valence-corrected chi connectivity index (χ1v) is 20.5. The van der Waals surface area contributed by atoms with Crippen molar-refractivity contribution in [1.29, 1.82) is 5.26 Å².